The first kappa shape index (κ1) is 16.2. The van der Waals surface area contributed by atoms with Crippen molar-refractivity contribution in [2.75, 3.05) is 26.3 Å². The summed E-state index contributed by atoms with van der Waals surface area (Å²) in [4.78, 5) is 7.09. The lowest BCUT2D eigenvalue weighted by Gasteiger charge is -2.32. The molecule has 0 radical (unpaired) electrons. The number of nitrogens with zero attached hydrogens (tertiary/aromatic N) is 4. The van der Waals surface area contributed by atoms with Crippen LogP contribution >= 0.6 is 0 Å². The molecule has 1 aliphatic heterocycles. The van der Waals surface area contributed by atoms with Crippen molar-refractivity contribution in [2.24, 2.45) is 0 Å². The third kappa shape index (κ3) is 2.94. The number of fused-ring (bicyclic) bond motifs is 1. The number of aromatic nitrogens is 3. The van der Waals surface area contributed by atoms with Crippen LogP contribution in [0.15, 0.2) is 36.5 Å². The Morgan fingerprint density at radius 3 is 2.48 bits per heavy atom. The van der Waals surface area contributed by atoms with Crippen molar-refractivity contribution in [1.82, 2.24) is 19.5 Å². The molecule has 25 heavy (non-hydrogen) atoms. The fraction of sp³-hybridized carbons (Fsp3) is 0.400. The monoisotopic (exact) mass is 336 g/mol. The van der Waals surface area contributed by atoms with Gasteiger partial charge < -0.3 is 4.74 Å². The molecule has 5 nitrogen and oxygen atoms in total. The third-order valence-electron chi connectivity index (χ3n) is 5.27. The van der Waals surface area contributed by atoms with E-state index in [1.165, 1.54) is 16.7 Å². The highest BCUT2D eigenvalue weighted by Crippen LogP contribution is 2.28. The molecule has 3 aromatic rings. The Kier molecular flexibility index (Phi) is 4.27. The number of hydrogen-bond donors (Lipinski definition) is 0. The van der Waals surface area contributed by atoms with Gasteiger partial charge in [-0.1, -0.05) is 24.3 Å². The van der Waals surface area contributed by atoms with Crippen LogP contribution in [0.25, 0.3) is 16.9 Å². The summed E-state index contributed by atoms with van der Waals surface area (Å²) >= 11 is 0. The fourth-order valence-electron chi connectivity index (χ4n) is 3.57. The molecular formula is C20H24N4O. The van der Waals surface area contributed by atoms with Gasteiger partial charge in [-0.15, -0.1) is 0 Å². The van der Waals surface area contributed by atoms with Crippen LogP contribution in [0, 0.1) is 13.8 Å². The number of morpholine rings is 1. The van der Waals surface area contributed by atoms with Crippen LogP contribution in [0.2, 0.25) is 0 Å². The van der Waals surface area contributed by atoms with E-state index >= 15 is 0 Å². The summed E-state index contributed by atoms with van der Waals surface area (Å²) < 4.78 is 7.40. The van der Waals surface area contributed by atoms with Crippen LogP contribution in [0.3, 0.4) is 0 Å². The minimum atomic E-state index is 0.406. The molecule has 130 valence electrons. The lowest BCUT2D eigenvalue weighted by atomic mass is 10.0. The molecule has 2 aromatic heterocycles. The summed E-state index contributed by atoms with van der Waals surface area (Å²) in [6.07, 6.45) is 1.81. The molecule has 0 N–H and O–H groups in total. The second-order valence-electron chi connectivity index (χ2n) is 6.72. The van der Waals surface area contributed by atoms with E-state index in [0.717, 1.165) is 43.3 Å². The molecule has 0 bridgehead atoms. The number of benzene rings is 1. The molecule has 1 unspecified atom stereocenters. The van der Waals surface area contributed by atoms with Gasteiger partial charge >= 0.3 is 0 Å². The van der Waals surface area contributed by atoms with Gasteiger partial charge in [0.1, 0.15) is 0 Å². The maximum atomic E-state index is 5.46. The lowest BCUT2D eigenvalue weighted by Crippen LogP contribution is -2.37. The van der Waals surface area contributed by atoms with E-state index in [-0.39, 0.29) is 0 Å². The normalized spacial score (nSPS) is 17.1. The second-order valence-corrected chi connectivity index (χ2v) is 6.72. The van der Waals surface area contributed by atoms with E-state index < -0.39 is 0 Å². The Balaban J connectivity index is 1.69. The Bertz CT molecular complexity index is 879. The molecule has 1 aromatic carbocycles. The van der Waals surface area contributed by atoms with Crippen LogP contribution < -0.4 is 0 Å². The van der Waals surface area contributed by atoms with E-state index in [0.29, 0.717) is 6.04 Å². The highest BCUT2D eigenvalue weighted by atomic mass is 16.5. The third-order valence-corrected chi connectivity index (χ3v) is 5.27. The standard InChI is InChI=1S/C20H24N4O/c1-14-15(2)22-19-8-9-21-24(19)20(14)18-6-4-17(5-7-18)16(3)23-10-12-25-13-11-23/h4-9,16H,10-13H2,1-3H3. The Labute approximate surface area is 148 Å². The minimum absolute atomic E-state index is 0.406. The Morgan fingerprint density at radius 2 is 1.76 bits per heavy atom. The highest BCUT2D eigenvalue weighted by molar-refractivity contribution is 5.67. The van der Waals surface area contributed by atoms with E-state index in [2.05, 4.69) is 60.0 Å². The summed E-state index contributed by atoms with van der Waals surface area (Å²) in [5.41, 5.74) is 6.75. The van der Waals surface area contributed by atoms with Crippen LogP contribution in [-0.2, 0) is 4.74 Å². The molecule has 0 spiro atoms. The predicted octanol–water partition coefficient (Wildman–Crippen LogP) is 3.41. The van der Waals surface area contributed by atoms with Crippen molar-refractivity contribution in [3.63, 3.8) is 0 Å². The first-order valence-electron chi connectivity index (χ1n) is 8.88. The highest BCUT2D eigenvalue weighted by Gasteiger charge is 2.19. The molecule has 1 aliphatic rings. The van der Waals surface area contributed by atoms with Crippen molar-refractivity contribution in [3.05, 3.63) is 53.3 Å². The molecule has 5 heteroatoms. The van der Waals surface area contributed by atoms with Crippen molar-refractivity contribution in [2.45, 2.75) is 26.8 Å². The van der Waals surface area contributed by atoms with E-state index in [1.807, 2.05) is 10.6 Å². The van der Waals surface area contributed by atoms with E-state index in [1.54, 1.807) is 6.20 Å². The second kappa shape index (κ2) is 6.58. The van der Waals surface area contributed by atoms with Gasteiger partial charge in [0.2, 0.25) is 0 Å². The number of hydrogen-bond acceptors (Lipinski definition) is 4. The minimum Gasteiger partial charge on any atom is -0.379 e. The van der Waals surface area contributed by atoms with Gasteiger partial charge in [0.15, 0.2) is 5.65 Å². The molecule has 3 heterocycles. The number of rotatable bonds is 3. The average Bonchev–Trinajstić information content (AvgIpc) is 3.11. The molecule has 4 rings (SSSR count). The van der Waals surface area contributed by atoms with Gasteiger partial charge in [-0.05, 0) is 31.9 Å². The maximum absolute atomic E-state index is 5.46. The maximum Gasteiger partial charge on any atom is 0.155 e. The van der Waals surface area contributed by atoms with E-state index in [4.69, 9.17) is 4.74 Å². The molecule has 1 saturated heterocycles. The van der Waals surface area contributed by atoms with Crippen molar-refractivity contribution in [3.8, 4) is 11.3 Å². The van der Waals surface area contributed by atoms with Gasteiger partial charge in [0.05, 0.1) is 25.1 Å². The van der Waals surface area contributed by atoms with Gasteiger partial charge in [-0.25, -0.2) is 9.50 Å². The molecule has 1 atom stereocenters. The average molecular weight is 336 g/mol. The summed E-state index contributed by atoms with van der Waals surface area (Å²) in [6.45, 7) is 10.1. The van der Waals surface area contributed by atoms with Crippen molar-refractivity contribution >= 4 is 5.65 Å². The Morgan fingerprint density at radius 1 is 1.04 bits per heavy atom. The zero-order chi connectivity index (χ0) is 17.4. The van der Waals surface area contributed by atoms with Gasteiger partial charge in [-0.3, -0.25) is 4.90 Å². The summed E-state index contributed by atoms with van der Waals surface area (Å²) in [7, 11) is 0. The SMILES string of the molecule is Cc1nc2ccnn2c(-c2ccc(C(C)N3CCOCC3)cc2)c1C. The summed E-state index contributed by atoms with van der Waals surface area (Å²) in [5.74, 6) is 0. The van der Waals surface area contributed by atoms with Crippen LogP contribution in [0.4, 0.5) is 0 Å². The molecule has 1 fully saturated rings. The van der Waals surface area contributed by atoms with E-state index in [9.17, 15) is 0 Å². The topological polar surface area (TPSA) is 42.7 Å². The van der Waals surface area contributed by atoms with Crippen molar-refractivity contribution < 1.29 is 4.74 Å². The first-order valence-corrected chi connectivity index (χ1v) is 8.88. The smallest absolute Gasteiger partial charge is 0.155 e. The number of aryl methyl sites for hydroxylation is 1. The van der Waals surface area contributed by atoms with Crippen LogP contribution in [-0.4, -0.2) is 45.8 Å². The lowest BCUT2D eigenvalue weighted by molar-refractivity contribution is 0.0198. The van der Waals surface area contributed by atoms with Crippen LogP contribution in [0.1, 0.15) is 29.8 Å². The largest absolute Gasteiger partial charge is 0.379 e. The first-order chi connectivity index (χ1) is 12.1. The van der Waals surface area contributed by atoms with Gasteiger partial charge in [-0.2, -0.15) is 5.10 Å². The summed E-state index contributed by atoms with van der Waals surface area (Å²) in [6, 6.07) is 11.2. The zero-order valence-electron chi connectivity index (χ0n) is 15.1. The Hall–Kier alpha value is -2.24. The molecular weight excluding hydrogens is 312 g/mol. The number of ether oxygens (including phenoxy) is 1. The van der Waals surface area contributed by atoms with Crippen LogP contribution in [0.5, 0.6) is 0 Å². The quantitative estimate of drug-likeness (QED) is 0.735. The fourth-order valence-corrected chi connectivity index (χ4v) is 3.57. The summed E-state index contributed by atoms with van der Waals surface area (Å²) in [5, 5.41) is 4.46. The van der Waals surface area contributed by atoms with Crippen molar-refractivity contribution in [1.29, 1.82) is 0 Å². The molecule has 0 aliphatic carbocycles. The molecule has 0 saturated carbocycles. The zero-order valence-corrected chi connectivity index (χ0v) is 15.1. The van der Waals surface area contributed by atoms with Gasteiger partial charge in [0.25, 0.3) is 0 Å². The molecule has 0 amide bonds. The van der Waals surface area contributed by atoms with Gasteiger partial charge in [0, 0.05) is 36.5 Å². The predicted molar refractivity (Wildman–Crippen MR) is 98.7 cm³/mol.